The fourth-order valence-corrected chi connectivity index (χ4v) is 2.95. The third-order valence-corrected chi connectivity index (χ3v) is 4.15. The first kappa shape index (κ1) is 19.6. The molecule has 1 saturated heterocycles. The number of nitrogens with zero attached hydrogens (tertiary/aromatic N) is 5. The Balaban J connectivity index is 0.00000225. The van der Waals surface area contributed by atoms with Gasteiger partial charge in [-0.05, 0) is 30.9 Å². The summed E-state index contributed by atoms with van der Waals surface area (Å²) in [4.78, 5) is 15.3. The van der Waals surface area contributed by atoms with Crippen LogP contribution in [0.3, 0.4) is 0 Å². The van der Waals surface area contributed by atoms with Crippen molar-refractivity contribution in [3.63, 3.8) is 0 Å². The van der Waals surface area contributed by atoms with Gasteiger partial charge < -0.3 is 14.7 Å². The second-order valence-electron chi connectivity index (χ2n) is 6.15. The van der Waals surface area contributed by atoms with Gasteiger partial charge in [0.15, 0.2) is 11.8 Å². The molecule has 0 saturated carbocycles. The number of halogens is 1. The molecule has 136 valence electrons. The Hall–Kier alpha value is -1.71. The lowest BCUT2D eigenvalue weighted by atomic mass is 10.0. The van der Waals surface area contributed by atoms with Crippen LogP contribution in [0.2, 0.25) is 0 Å². The zero-order valence-electron chi connectivity index (χ0n) is 14.7. The van der Waals surface area contributed by atoms with Crippen molar-refractivity contribution >= 4 is 29.9 Å². The SMILES string of the molecule is CN=C(NCCc1noc(-c2ccccn2)n1)N1CCCC(C)C1.I. The molecule has 0 spiro atoms. The highest BCUT2D eigenvalue weighted by Crippen LogP contribution is 2.15. The van der Waals surface area contributed by atoms with E-state index in [0.29, 0.717) is 23.8 Å². The maximum atomic E-state index is 5.27. The van der Waals surface area contributed by atoms with E-state index in [1.165, 1.54) is 12.8 Å². The molecule has 1 N–H and O–H groups in total. The van der Waals surface area contributed by atoms with Crippen molar-refractivity contribution in [2.24, 2.45) is 10.9 Å². The molecule has 7 nitrogen and oxygen atoms in total. The lowest BCUT2D eigenvalue weighted by Crippen LogP contribution is -2.46. The molecule has 1 aliphatic heterocycles. The smallest absolute Gasteiger partial charge is 0.276 e. The maximum absolute atomic E-state index is 5.27. The summed E-state index contributed by atoms with van der Waals surface area (Å²) in [6.07, 6.45) is 4.91. The van der Waals surface area contributed by atoms with Gasteiger partial charge in [0.2, 0.25) is 0 Å². The Morgan fingerprint density at radius 3 is 3.04 bits per heavy atom. The summed E-state index contributed by atoms with van der Waals surface area (Å²) in [5.74, 6) is 2.80. The molecule has 8 heteroatoms. The van der Waals surface area contributed by atoms with Crippen LogP contribution < -0.4 is 5.32 Å². The van der Waals surface area contributed by atoms with Gasteiger partial charge in [-0.3, -0.25) is 9.98 Å². The van der Waals surface area contributed by atoms with Gasteiger partial charge in [0.1, 0.15) is 5.69 Å². The molecular formula is C17H25IN6O. The number of pyridine rings is 1. The molecule has 0 radical (unpaired) electrons. The average molecular weight is 456 g/mol. The van der Waals surface area contributed by atoms with Gasteiger partial charge in [-0.1, -0.05) is 18.1 Å². The second-order valence-corrected chi connectivity index (χ2v) is 6.15. The standard InChI is InChI=1S/C17H24N6O.HI/c1-13-6-5-11-23(12-13)17(18-2)20-10-8-15-21-16(24-22-15)14-7-3-4-9-19-14;/h3-4,7,9,13H,5-6,8,10-12H2,1-2H3,(H,18,20);1H. The molecule has 2 aromatic rings. The van der Waals surface area contributed by atoms with Crippen molar-refractivity contribution in [2.45, 2.75) is 26.2 Å². The third-order valence-electron chi connectivity index (χ3n) is 4.15. The Morgan fingerprint density at radius 1 is 1.44 bits per heavy atom. The summed E-state index contributed by atoms with van der Waals surface area (Å²) in [6, 6.07) is 5.62. The fraction of sp³-hybridized carbons (Fsp3) is 0.529. The predicted molar refractivity (Wildman–Crippen MR) is 108 cm³/mol. The molecule has 1 atom stereocenters. The molecule has 1 unspecified atom stereocenters. The minimum Gasteiger partial charge on any atom is -0.356 e. The lowest BCUT2D eigenvalue weighted by Gasteiger charge is -2.33. The normalized spacial score (nSPS) is 17.9. The van der Waals surface area contributed by atoms with Gasteiger partial charge >= 0.3 is 0 Å². The van der Waals surface area contributed by atoms with E-state index in [4.69, 9.17) is 4.52 Å². The number of guanidine groups is 1. The van der Waals surface area contributed by atoms with E-state index in [2.05, 4.69) is 37.3 Å². The first-order valence-corrected chi connectivity index (χ1v) is 8.46. The Labute approximate surface area is 165 Å². The van der Waals surface area contributed by atoms with Crippen LogP contribution in [0, 0.1) is 5.92 Å². The van der Waals surface area contributed by atoms with Gasteiger partial charge in [0.25, 0.3) is 5.89 Å². The van der Waals surface area contributed by atoms with E-state index in [9.17, 15) is 0 Å². The molecule has 3 heterocycles. The molecule has 0 aromatic carbocycles. The van der Waals surface area contributed by atoms with E-state index in [1.807, 2.05) is 25.2 Å². The summed E-state index contributed by atoms with van der Waals surface area (Å²) >= 11 is 0. The lowest BCUT2D eigenvalue weighted by molar-refractivity contribution is 0.266. The predicted octanol–water partition coefficient (Wildman–Crippen LogP) is 2.60. The van der Waals surface area contributed by atoms with E-state index >= 15 is 0 Å². The van der Waals surface area contributed by atoms with Crippen LogP contribution >= 0.6 is 24.0 Å². The minimum atomic E-state index is 0. The van der Waals surface area contributed by atoms with Gasteiger partial charge in [0.05, 0.1) is 0 Å². The van der Waals surface area contributed by atoms with E-state index in [0.717, 1.165) is 31.5 Å². The Kier molecular flexibility index (Phi) is 7.60. The van der Waals surface area contributed by atoms with Crippen LogP contribution in [-0.4, -0.2) is 52.7 Å². The van der Waals surface area contributed by atoms with Crippen LogP contribution in [0.15, 0.2) is 33.9 Å². The number of likely N-dealkylation sites (tertiary alicyclic amines) is 1. The second kappa shape index (κ2) is 9.69. The first-order chi connectivity index (χ1) is 11.8. The van der Waals surface area contributed by atoms with Crippen LogP contribution in [0.5, 0.6) is 0 Å². The molecule has 25 heavy (non-hydrogen) atoms. The summed E-state index contributed by atoms with van der Waals surface area (Å²) in [7, 11) is 1.83. The van der Waals surface area contributed by atoms with Gasteiger partial charge in [-0.25, -0.2) is 0 Å². The first-order valence-electron chi connectivity index (χ1n) is 8.46. The molecule has 1 aliphatic rings. The highest BCUT2D eigenvalue weighted by molar-refractivity contribution is 14.0. The largest absolute Gasteiger partial charge is 0.356 e. The zero-order valence-corrected chi connectivity index (χ0v) is 17.0. The van der Waals surface area contributed by atoms with Crippen LogP contribution in [0.25, 0.3) is 11.6 Å². The quantitative estimate of drug-likeness (QED) is 0.433. The molecule has 1 fully saturated rings. The minimum absolute atomic E-state index is 0. The van der Waals surface area contributed by atoms with E-state index in [-0.39, 0.29) is 24.0 Å². The molecule has 3 rings (SSSR count). The van der Waals surface area contributed by atoms with Gasteiger partial charge in [-0.15, -0.1) is 24.0 Å². The van der Waals surface area contributed by atoms with Crippen molar-refractivity contribution in [2.75, 3.05) is 26.7 Å². The molecule has 2 aromatic heterocycles. The van der Waals surface area contributed by atoms with Crippen molar-refractivity contribution in [3.8, 4) is 11.6 Å². The number of hydrogen-bond donors (Lipinski definition) is 1. The average Bonchev–Trinajstić information content (AvgIpc) is 3.08. The van der Waals surface area contributed by atoms with Crippen molar-refractivity contribution in [1.29, 1.82) is 0 Å². The molecular weight excluding hydrogens is 431 g/mol. The Morgan fingerprint density at radius 2 is 2.32 bits per heavy atom. The number of rotatable bonds is 4. The number of piperidine rings is 1. The highest BCUT2D eigenvalue weighted by atomic mass is 127. The highest BCUT2D eigenvalue weighted by Gasteiger charge is 2.19. The van der Waals surface area contributed by atoms with Crippen LogP contribution in [0.1, 0.15) is 25.6 Å². The Bertz CT molecular complexity index is 675. The molecule has 0 amide bonds. The number of aliphatic imine (C=N–C) groups is 1. The number of hydrogen-bond acceptors (Lipinski definition) is 5. The monoisotopic (exact) mass is 456 g/mol. The molecule has 0 bridgehead atoms. The zero-order chi connectivity index (χ0) is 16.8. The van der Waals surface area contributed by atoms with E-state index < -0.39 is 0 Å². The summed E-state index contributed by atoms with van der Waals surface area (Å²) < 4.78 is 5.27. The maximum Gasteiger partial charge on any atom is 0.276 e. The number of aromatic nitrogens is 3. The summed E-state index contributed by atoms with van der Waals surface area (Å²) in [6.45, 7) is 5.14. The van der Waals surface area contributed by atoms with E-state index in [1.54, 1.807) is 6.20 Å². The van der Waals surface area contributed by atoms with Gasteiger partial charge in [-0.2, -0.15) is 4.98 Å². The van der Waals surface area contributed by atoms with Crippen molar-refractivity contribution in [3.05, 3.63) is 30.2 Å². The van der Waals surface area contributed by atoms with Crippen LogP contribution in [0.4, 0.5) is 0 Å². The third kappa shape index (κ3) is 5.38. The van der Waals surface area contributed by atoms with Crippen molar-refractivity contribution < 1.29 is 4.52 Å². The fourth-order valence-electron chi connectivity index (χ4n) is 2.95. The topological polar surface area (TPSA) is 79.4 Å². The number of nitrogens with one attached hydrogen (secondary N) is 1. The van der Waals surface area contributed by atoms with Crippen molar-refractivity contribution in [1.82, 2.24) is 25.3 Å². The van der Waals surface area contributed by atoms with Crippen LogP contribution in [-0.2, 0) is 6.42 Å². The summed E-state index contributed by atoms with van der Waals surface area (Å²) in [5, 5.41) is 7.42. The molecule has 0 aliphatic carbocycles. The van der Waals surface area contributed by atoms with Gasteiger partial charge in [0, 0.05) is 39.3 Å². The summed E-state index contributed by atoms with van der Waals surface area (Å²) in [5.41, 5.74) is 0.697.